The molecule has 0 bridgehead atoms. The van der Waals surface area contributed by atoms with Gasteiger partial charge in [0.15, 0.2) is 0 Å². The van der Waals surface area contributed by atoms with Crippen LogP contribution in [0.3, 0.4) is 0 Å². The summed E-state index contributed by atoms with van der Waals surface area (Å²) in [4.78, 5) is 34.8. The number of hydrogen-bond acceptors (Lipinski definition) is 6. The first-order chi connectivity index (χ1) is 13.0. The van der Waals surface area contributed by atoms with E-state index in [4.69, 9.17) is 0 Å². The number of amidine groups is 1. The van der Waals surface area contributed by atoms with Gasteiger partial charge in [-0.3, -0.25) is 14.6 Å². The number of carbonyl (C=O) groups excluding carboxylic acids is 2. The number of carbonyl (C=O) groups is 2. The van der Waals surface area contributed by atoms with Gasteiger partial charge in [0.2, 0.25) is 11.9 Å². The Bertz CT molecular complexity index is 749. The fraction of sp³-hybridized carbons (Fsp3) is 0.722. The number of likely N-dealkylation sites (N-methyl/N-ethyl adjacent to an activating group) is 2. The summed E-state index contributed by atoms with van der Waals surface area (Å²) in [6, 6.07) is -0.886. The molecular weight excluding hydrogens is 346 g/mol. The largest absolute Gasteiger partial charge is 0.416 e. The molecule has 0 radical (unpaired) electrons. The summed E-state index contributed by atoms with van der Waals surface area (Å²) in [6.07, 6.45) is 5.13. The minimum Gasteiger partial charge on any atom is -0.300 e. The van der Waals surface area contributed by atoms with E-state index < -0.39 is 6.04 Å². The second-order valence-corrected chi connectivity index (χ2v) is 7.75. The van der Waals surface area contributed by atoms with Gasteiger partial charge in [0.05, 0.1) is 5.71 Å². The Morgan fingerprint density at radius 2 is 1.74 bits per heavy atom. The predicted molar refractivity (Wildman–Crippen MR) is 102 cm³/mol. The second kappa shape index (κ2) is 7.03. The second-order valence-electron chi connectivity index (χ2n) is 7.75. The Labute approximate surface area is 159 Å². The monoisotopic (exact) mass is 374 g/mol. The number of hydrogen-bond donors (Lipinski definition) is 0. The van der Waals surface area contributed by atoms with Crippen LogP contribution >= 0.6 is 0 Å². The first-order valence-electron chi connectivity index (χ1n) is 9.79. The number of nitrogens with zero attached hydrogens (tertiary/aromatic N) is 7. The third-order valence-electron chi connectivity index (χ3n) is 5.76. The molecule has 0 saturated carbocycles. The number of rotatable bonds is 3. The Hall–Kier alpha value is -2.29. The molecule has 9 heteroatoms. The van der Waals surface area contributed by atoms with Crippen molar-refractivity contribution < 1.29 is 14.2 Å². The molecular formula is C18H28N7O2+. The lowest BCUT2D eigenvalue weighted by atomic mass is 10.1. The lowest BCUT2D eigenvalue weighted by Crippen LogP contribution is -2.62. The summed E-state index contributed by atoms with van der Waals surface area (Å²) in [5.74, 6) is 0.954. The molecule has 27 heavy (non-hydrogen) atoms. The molecule has 2 saturated heterocycles. The van der Waals surface area contributed by atoms with Gasteiger partial charge in [-0.1, -0.05) is 17.8 Å². The first-order valence-corrected chi connectivity index (χ1v) is 9.79. The average Bonchev–Trinajstić information content (AvgIpc) is 2.84. The summed E-state index contributed by atoms with van der Waals surface area (Å²) in [5.41, 5.74) is 0.945. The van der Waals surface area contributed by atoms with Gasteiger partial charge in [0, 0.05) is 20.6 Å². The molecule has 9 nitrogen and oxygen atoms in total. The standard InChI is InChI=1S/C18H28N7O2/c1-13-12-24-14-15(21(2)18(27)22(3)16(14)26)19-17(24)25(20-13)11-10-23-8-6-4-5-7-9-23/h14H,4-12H2,1-3H3/q+1. The number of imide groups is 1. The molecule has 2 fully saturated rings. The van der Waals surface area contributed by atoms with Crippen molar-refractivity contribution in [2.24, 2.45) is 10.1 Å². The fourth-order valence-electron chi connectivity index (χ4n) is 4.23. The molecule has 0 aliphatic carbocycles. The van der Waals surface area contributed by atoms with Crippen LogP contribution in [0.25, 0.3) is 0 Å². The van der Waals surface area contributed by atoms with Crippen molar-refractivity contribution >= 4 is 29.4 Å². The minimum atomic E-state index is -0.543. The molecule has 0 aromatic rings. The predicted octanol–water partition coefficient (Wildman–Crippen LogP) is 0.227. The highest BCUT2D eigenvalue weighted by Crippen LogP contribution is 2.22. The Kier molecular flexibility index (Phi) is 4.71. The fourth-order valence-corrected chi connectivity index (χ4v) is 4.23. The Balaban J connectivity index is 1.56. The quantitative estimate of drug-likeness (QED) is 0.663. The van der Waals surface area contributed by atoms with Gasteiger partial charge in [-0.15, -0.1) is 10.1 Å². The number of urea groups is 1. The van der Waals surface area contributed by atoms with E-state index in [1.807, 2.05) is 16.5 Å². The van der Waals surface area contributed by atoms with E-state index in [1.165, 1.54) is 42.5 Å². The van der Waals surface area contributed by atoms with Crippen molar-refractivity contribution in [2.75, 3.05) is 46.8 Å². The molecule has 4 heterocycles. The zero-order chi connectivity index (χ0) is 19.1. The van der Waals surface area contributed by atoms with Gasteiger partial charge in [-0.2, -0.15) is 0 Å². The van der Waals surface area contributed by atoms with Crippen LogP contribution in [-0.4, -0.2) is 107 Å². The van der Waals surface area contributed by atoms with Crippen LogP contribution in [0.4, 0.5) is 4.79 Å². The number of aliphatic imine (C=N–C) groups is 1. The van der Waals surface area contributed by atoms with Gasteiger partial charge < -0.3 is 4.90 Å². The van der Waals surface area contributed by atoms with E-state index in [-0.39, 0.29) is 11.9 Å². The van der Waals surface area contributed by atoms with Crippen molar-refractivity contribution in [3.8, 4) is 0 Å². The third kappa shape index (κ3) is 3.13. The minimum absolute atomic E-state index is 0.228. The summed E-state index contributed by atoms with van der Waals surface area (Å²) in [5, 5.41) is 6.59. The van der Waals surface area contributed by atoms with Crippen LogP contribution in [0.2, 0.25) is 0 Å². The zero-order valence-electron chi connectivity index (χ0n) is 16.4. The molecule has 0 aromatic heterocycles. The number of guanidine groups is 1. The summed E-state index contributed by atoms with van der Waals surface area (Å²) < 4.78 is 1.97. The van der Waals surface area contributed by atoms with Crippen molar-refractivity contribution in [1.29, 1.82) is 0 Å². The third-order valence-corrected chi connectivity index (χ3v) is 5.76. The number of fused-ring (bicyclic) bond motifs is 2. The van der Waals surface area contributed by atoms with Gasteiger partial charge in [0.1, 0.15) is 13.1 Å². The van der Waals surface area contributed by atoms with Crippen molar-refractivity contribution in [3.05, 3.63) is 0 Å². The molecule has 1 atom stereocenters. The van der Waals surface area contributed by atoms with Gasteiger partial charge in [-0.05, 0) is 32.9 Å². The van der Waals surface area contributed by atoms with Crippen LogP contribution in [-0.2, 0) is 4.79 Å². The van der Waals surface area contributed by atoms with Gasteiger partial charge in [-0.25, -0.2) is 9.37 Å². The zero-order valence-corrected chi connectivity index (χ0v) is 16.4. The summed E-state index contributed by atoms with van der Waals surface area (Å²) in [6.45, 7) is 6.44. The lowest BCUT2D eigenvalue weighted by molar-refractivity contribution is -0.527. The molecule has 4 aliphatic heterocycles. The highest BCUT2D eigenvalue weighted by molar-refractivity contribution is 6.23. The van der Waals surface area contributed by atoms with Crippen molar-refractivity contribution in [3.63, 3.8) is 0 Å². The van der Waals surface area contributed by atoms with Crippen LogP contribution in [0.15, 0.2) is 10.1 Å². The normalized spacial score (nSPS) is 26.8. The molecule has 0 spiro atoms. The molecule has 146 valence electrons. The van der Waals surface area contributed by atoms with E-state index in [0.717, 1.165) is 31.9 Å². The molecule has 3 amide bonds. The van der Waals surface area contributed by atoms with Crippen LogP contribution in [0, 0.1) is 0 Å². The highest BCUT2D eigenvalue weighted by Gasteiger charge is 2.53. The van der Waals surface area contributed by atoms with Crippen molar-refractivity contribution in [2.45, 2.75) is 38.6 Å². The molecule has 4 aliphatic rings. The average molecular weight is 374 g/mol. The molecule has 0 aromatic carbocycles. The van der Waals surface area contributed by atoms with Crippen LogP contribution in [0.5, 0.6) is 0 Å². The van der Waals surface area contributed by atoms with Crippen LogP contribution < -0.4 is 0 Å². The summed E-state index contributed by atoms with van der Waals surface area (Å²) in [7, 11) is 3.20. The van der Waals surface area contributed by atoms with E-state index in [0.29, 0.717) is 18.3 Å². The topological polar surface area (TPSA) is 74.8 Å². The molecule has 4 rings (SSSR count). The van der Waals surface area contributed by atoms with E-state index in [2.05, 4.69) is 15.0 Å². The SMILES string of the molecule is CC1=NN(CCN2CCCCCC2)C2=[N+](C1)C1C(=O)N(C)C(=O)N(C)C1=N2. The summed E-state index contributed by atoms with van der Waals surface area (Å²) >= 11 is 0. The Morgan fingerprint density at radius 3 is 2.44 bits per heavy atom. The van der Waals surface area contributed by atoms with E-state index in [9.17, 15) is 9.59 Å². The van der Waals surface area contributed by atoms with E-state index in [1.54, 1.807) is 7.05 Å². The molecule has 1 unspecified atom stereocenters. The van der Waals surface area contributed by atoms with Gasteiger partial charge >= 0.3 is 12.0 Å². The smallest absolute Gasteiger partial charge is 0.300 e. The number of amides is 3. The molecule has 0 N–H and O–H groups in total. The highest BCUT2D eigenvalue weighted by atomic mass is 16.2. The first kappa shape index (κ1) is 18.1. The Morgan fingerprint density at radius 1 is 1.04 bits per heavy atom. The number of likely N-dealkylation sites (tertiary alicyclic amines) is 1. The van der Waals surface area contributed by atoms with Crippen molar-refractivity contribution in [1.82, 2.24) is 19.7 Å². The van der Waals surface area contributed by atoms with Gasteiger partial charge in [0.25, 0.3) is 5.91 Å². The number of hydrazone groups is 1. The van der Waals surface area contributed by atoms with E-state index >= 15 is 0 Å². The lowest BCUT2D eigenvalue weighted by Gasteiger charge is -2.32. The maximum atomic E-state index is 12.8. The maximum Gasteiger partial charge on any atom is 0.416 e. The van der Waals surface area contributed by atoms with Crippen LogP contribution in [0.1, 0.15) is 32.6 Å². The maximum absolute atomic E-state index is 12.8.